The minimum absolute atomic E-state index is 0.205. The second-order valence-electron chi connectivity index (χ2n) is 3.72. The number of carbonyl (C=O) groups is 1. The lowest BCUT2D eigenvalue weighted by Crippen LogP contribution is -2.31. The van der Waals surface area contributed by atoms with Gasteiger partial charge in [-0.3, -0.25) is 10.2 Å². The molecule has 1 saturated carbocycles. The molecule has 0 radical (unpaired) electrons. The topological polar surface area (TPSA) is 85.8 Å². The van der Waals surface area contributed by atoms with Crippen LogP contribution in [0.3, 0.4) is 0 Å². The van der Waals surface area contributed by atoms with Crippen LogP contribution < -0.4 is 11.3 Å². The summed E-state index contributed by atoms with van der Waals surface area (Å²) in [6, 6.07) is 0. The summed E-state index contributed by atoms with van der Waals surface area (Å²) >= 11 is 1.37. The van der Waals surface area contributed by atoms with Gasteiger partial charge in [-0.25, -0.2) is 5.84 Å². The van der Waals surface area contributed by atoms with Gasteiger partial charge in [-0.05, 0) is 19.8 Å². The van der Waals surface area contributed by atoms with Crippen molar-refractivity contribution in [3.63, 3.8) is 0 Å². The Balaban J connectivity index is 2.05. The van der Waals surface area contributed by atoms with Gasteiger partial charge < -0.3 is 4.57 Å². The highest BCUT2D eigenvalue weighted by Crippen LogP contribution is 2.39. The van der Waals surface area contributed by atoms with E-state index in [4.69, 9.17) is 5.84 Å². The van der Waals surface area contributed by atoms with E-state index >= 15 is 0 Å². The number of hydrazine groups is 1. The van der Waals surface area contributed by atoms with E-state index in [-0.39, 0.29) is 11.7 Å². The van der Waals surface area contributed by atoms with Gasteiger partial charge in [-0.1, -0.05) is 11.8 Å². The molecule has 0 aliphatic heterocycles. The van der Waals surface area contributed by atoms with Crippen LogP contribution in [0.1, 0.15) is 31.5 Å². The van der Waals surface area contributed by atoms with Crippen LogP contribution in [0.4, 0.5) is 0 Å². The van der Waals surface area contributed by atoms with E-state index in [9.17, 15) is 4.79 Å². The molecule has 1 heterocycles. The molecule has 0 unspecified atom stereocenters. The fourth-order valence-corrected chi connectivity index (χ4v) is 2.34. The van der Waals surface area contributed by atoms with Crippen molar-refractivity contribution in [2.24, 2.45) is 5.84 Å². The van der Waals surface area contributed by atoms with Gasteiger partial charge in [-0.2, -0.15) is 0 Å². The fourth-order valence-electron chi connectivity index (χ4n) is 1.52. The average Bonchev–Trinajstić information content (AvgIpc) is 3.06. The Hall–Kier alpha value is -1.08. The SMILES string of the molecule is CCn1c(SCC(=O)NN)nnc1C1CC1. The highest BCUT2D eigenvalue weighted by atomic mass is 32.2. The van der Waals surface area contributed by atoms with E-state index in [0.717, 1.165) is 17.5 Å². The van der Waals surface area contributed by atoms with Crippen molar-refractivity contribution in [2.45, 2.75) is 37.4 Å². The summed E-state index contributed by atoms with van der Waals surface area (Å²) in [7, 11) is 0. The molecule has 0 aromatic carbocycles. The molecular weight excluding hydrogens is 226 g/mol. The Bertz CT molecular complexity index is 387. The molecule has 1 fully saturated rings. The summed E-state index contributed by atoms with van der Waals surface area (Å²) in [5.74, 6) is 6.71. The lowest BCUT2D eigenvalue weighted by Gasteiger charge is -2.05. The molecule has 16 heavy (non-hydrogen) atoms. The third kappa shape index (κ3) is 2.35. The molecule has 7 heteroatoms. The number of nitrogens with one attached hydrogen (secondary N) is 1. The van der Waals surface area contributed by atoms with E-state index in [0.29, 0.717) is 5.92 Å². The van der Waals surface area contributed by atoms with Crippen LogP contribution in [0.5, 0.6) is 0 Å². The summed E-state index contributed by atoms with van der Waals surface area (Å²) in [5, 5.41) is 9.09. The van der Waals surface area contributed by atoms with Gasteiger partial charge >= 0.3 is 0 Å². The first-order valence-electron chi connectivity index (χ1n) is 5.31. The van der Waals surface area contributed by atoms with Crippen LogP contribution in [-0.4, -0.2) is 26.4 Å². The normalized spacial score (nSPS) is 15.1. The molecule has 6 nitrogen and oxygen atoms in total. The van der Waals surface area contributed by atoms with Crippen molar-refractivity contribution >= 4 is 17.7 Å². The van der Waals surface area contributed by atoms with Gasteiger partial charge in [-0.15, -0.1) is 10.2 Å². The number of thioether (sulfide) groups is 1. The Morgan fingerprint density at radius 2 is 2.38 bits per heavy atom. The van der Waals surface area contributed by atoms with Crippen LogP contribution in [-0.2, 0) is 11.3 Å². The maximum Gasteiger partial charge on any atom is 0.244 e. The summed E-state index contributed by atoms with van der Waals surface area (Å²) in [4.78, 5) is 11.0. The summed E-state index contributed by atoms with van der Waals surface area (Å²) in [6.07, 6.45) is 2.40. The van der Waals surface area contributed by atoms with Crippen LogP contribution in [0.25, 0.3) is 0 Å². The molecular formula is C9H15N5OS. The van der Waals surface area contributed by atoms with Gasteiger partial charge in [0.2, 0.25) is 5.91 Å². The quantitative estimate of drug-likeness (QED) is 0.334. The van der Waals surface area contributed by atoms with E-state index in [1.54, 1.807) is 0 Å². The zero-order valence-corrected chi connectivity index (χ0v) is 9.96. The van der Waals surface area contributed by atoms with Gasteiger partial charge in [0, 0.05) is 12.5 Å². The first kappa shape index (κ1) is 11.4. The third-order valence-corrected chi connectivity index (χ3v) is 3.46. The van der Waals surface area contributed by atoms with Crippen molar-refractivity contribution < 1.29 is 4.79 Å². The number of hydrogen-bond donors (Lipinski definition) is 2. The van der Waals surface area contributed by atoms with Gasteiger partial charge in [0.05, 0.1) is 5.75 Å². The Morgan fingerprint density at radius 1 is 1.62 bits per heavy atom. The Morgan fingerprint density at radius 3 is 2.94 bits per heavy atom. The number of hydrogen-bond acceptors (Lipinski definition) is 5. The molecule has 88 valence electrons. The molecule has 1 amide bonds. The number of nitrogens with zero attached hydrogens (tertiary/aromatic N) is 3. The molecule has 0 saturated heterocycles. The van der Waals surface area contributed by atoms with Gasteiger partial charge in [0.1, 0.15) is 5.82 Å². The minimum Gasteiger partial charge on any atom is -0.306 e. The van der Waals surface area contributed by atoms with Gasteiger partial charge in [0.15, 0.2) is 5.16 Å². The zero-order valence-electron chi connectivity index (χ0n) is 9.14. The van der Waals surface area contributed by atoms with Gasteiger partial charge in [0.25, 0.3) is 0 Å². The molecule has 1 aliphatic rings. The summed E-state index contributed by atoms with van der Waals surface area (Å²) < 4.78 is 2.08. The van der Waals surface area contributed by atoms with E-state index in [1.807, 2.05) is 0 Å². The largest absolute Gasteiger partial charge is 0.306 e. The van der Waals surface area contributed by atoms with Crippen molar-refractivity contribution in [1.82, 2.24) is 20.2 Å². The number of carbonyl (C=O) groups excluding carboxylic acids is 1. The van der Waals surface area contributed by atoms with Crippen molar-refractivity contribution in [2.75, 3.05) is 5.75 Å². The fraction of sp³-hybridized carbons (Fsp3) is 0.667. The van der Waals surface area contributed by atoms with E-state index in [1.165, 1.54) is 24.6 Å². The standard InChI is InChI=1S/C9H15N5OS/c1-2-14-8(6-3-4-6)12-13-9(14)16-5-7(15)11-10/h6H,2-5,10H2,1H3,(H,11,15). The predicted molar refractivity (Wildman–Crippen MR) is 60.7 cm³/mol. The highest BCUT2D eigenvalue weighted by molar-refractivity contribution is 7.99. The second kappa shape index (κ2) is 4.84. The average molecular weight is 241 g/mol. The molecule has 3 N–H and O–H groups in total. The zero-order chi connectivity index (χ0) is 11.5. The summed E-state index contributed by atoms with van der Waals surface area (Å²) in [6.45, 7) is 2.90. The lowest BCUT2D eigenvalue weighted by atomic mass is 10.4. The van der Waals surface area contributed by atoms with E-state index in [2.05, 4.69) is 27.1 Å². The molecule has 0 spiro atoms. The Kier molecular flexibility index (Phi) is 3.45. The predicted octanol–water partition coefficient (Wildman–Crippen LogP) is 0.257. The van der Waals surface area contributed by atoms with E-state index < -0.39 is 0 Å². The molecule has 0 bridgehead atoms. The molecule has 1 aromatic rings. The Labute approximate surface area is 98.0 Å². The van der Waals surface area contributed by atoms with Crippen LogP contribution in [0, 0.1) is 0 Å². The summed E-state index contributed by atoms with van der Waals surface area (Å²) in [5.41, 5.74) is 2.10. The maximum atomic E-state index is 11.0. The second-order valence-corrected chi connectivity index (χ2v) is 4.66. The van der Waals surface area contributed by atoms with Crippen molar-refractivity contribution in [3.8, 4) is 0 Å². The lowest BCUT2D eigenvalue weighted by molar-refractivity contribution is -0.118. The van der Waals surface area contributed by atoms with Crippen molar-refractivity contribution in [3.05, 3.63) is 5.82 Å². The molecule has 2 rings (SSSR count). The van der Waals surface area contributed by atoms with Crippen LogP contribution in [0.2, 0.25) is 0 Å². The molecule has 1 aromatic heterocycles. The first-order chi connectivity index (χ1) is 7.76. The molecule has 1 aliphatic carbocycles. The van der Waals surface area contributed by atoms with Crippen LogP contribution in [0.15, 0.2) is 5.16 Å². The third-order valence-electron chi connectivity index (χ3n) is 2.50. The maximum absolute atomic E-state index is 11.0. The monoisotopic (exact) mass is 241 g/mol. The van der Waals surface area contributed by atoms with Crippen molar-refractivity contribution in [1.29, 1.82) is 0 Å². The van der Waals surface area contributed by atoms with Crippen LogP contribution >= 0.6 is 11.8 Å². The minimum atomic E-state index is -0.205. The highest BCUT2D eigenvalue weighted by Gasteiger charge is 2.29. The number of rotatable bonds is 5. The first-order valence-corrected chi connectivity index (χ1v) is 6.30. The molecule has 0 atom stereocenters. The smallest absolute Gasteiger partial charge is 0.244 e. The number of amides is 1. The number of nitrogens with two attached hydrogens (primary N) is 1. The number of aromatic nitrogens is 3.